The van der Waals surface area contributed by atoms with Gasteiger partial charge in [-0.05, 0) is 44.9 Å². The zero-order chi connectivity index (χ0) is 19.8. The predicted octanol–water partition coefficient (Wildman–Crippen LogP) is 4.63. The van der Waals surface area contributed by atoms with Crippen LogP contribution in [0.15, 0.2) is 48.5 Å². The lowest BCUT2D eigenvalue weighted by molar-refractivity contribution is -0.121. The third-order valence-corrected chi connectivity index (χ3v) is 5.52. The summed E-state index contributed by atoms with van der Waals surface area (Å²) in [4.78, 5) is 24.6. The molecule has 2 rings (SSSR count). The summed E-state index contributed by atoms with van der Waals surface area (Å²) in [6, 6.07) is 15.9. The van der Waals surface area contributed by atoms with E-state index >= 15 is 0 Å². The van der Waals surface area contributed by atoms with Gasteiger partial charge < -0.3 is 10.6 Å². The Labute approximate surface area is 166 Å². The van der Waals surface area contributed by atoms with Crippen molar-refractivity contribution in [3.8, 4) is 0 Å². The molecule has 0 radical (unpaired) electrons. The van der Waals surface area contributed by atoms with Gasteiger partial charge in [0.1, 0.15) is 0 Å². The maximum Gasteiger partial charge on any atom is 0.234 e. The maximum absolute atomic E-state index is 12.5. The molecule has 4 nitrogen and oxygen atoms in total. The van der Waals surface area contributed by atoms with Crippen LogP contribution >= 0.6 is 11.8 Å². The van der Waals surface area contributed by atoms with Crippen LogP contribution in [0.25, 0.3) is 0 Å². The van der Waals surface area contributed by atoms with E-state index in [1.807, 2.05) is 45.0 Å². The average Bonchev–Trinajstić information content (AvgIpc) is 2.66. The van der Waals surface area contributed by atoms with Crippen molar-refractivity contribution < 1.29 is 9.59 Å². The molecular weight excluding hydrogens is 356 g/mol. The zero-order valence-corrected chi connectivity index (χ0v) is 17.2. The molecule has 0 spiro atoms. The molecule has 0 fully saturated rings. The van der Waals surface area contributed by atoms with Gasteiger partial charge in [-0.15, -0.1) is 11.8 Å². The number of thioether (sulfide) groups is 1. The number of aryl methyl sites for hydroxylation is 2. The second-order valence-corrected chi connectivity index (χ2v) is 8.08. The summed E-state index contributed by atoms with van der Waals surface area (Å²) in [5.74, 6) is 0.0914. The van der Waals surface area contributed by atoms with E-state index in [9.17, 15) is 9.59 Å². The Bertz CT molecular complexity index is 757. The van der Waals surface area contributed by atoms with Gasteiger partial charge >= 0.3 is 0 Å². The molecule has 27 heavy (non-hydrogen) atoms. The number of benzene rings is 2. The predicted molar refractivity (Wildman–Crippen MR) is 114 cm³/mol. The highest BCUT2D eigenvalue weighted by molar-refractivity contribution is 8.01. The van der Waals surface area contributed by atoms with E-state index in [4.69, 9.17) is 0 Å². The molecule has 2 unspecified atom stereocenters. The first-order valence-corrected chi connectivity index (χ1v) is 10.3. The molecular formula is C22H28N2O2S. The highest BCUT2D eigenvalue weighted by Gasteiger charge is 2.19. The van der Waals surface area contributed by atoms with Crippen molar-refractivity contribution in [2.24, 2.45) is 0 Å². The number of rotatable bonds is 8. The molecule has 5 heteroatoms. The van der Waals surface area contributed by atoms with E-state index in [1.165, 1.54) is 17.3 Å². The fourth-order valence-electron chi connectivity index (χ4n) is 2.62. The average molecular weight is 385 g/mol. The normalized spacial score (nSPS) is 12.9. The van der Waals surface area contributed by atoms with E-state index in [0.29, 0.717) is 0 Å². The van der Waals surface area contributed by atoms with E-state index < -0.39 is 0 Å². The van der Waals surface area contributed by atoms with Crippen molar-refractivity contribution >= 4 is 29.3 Å². The summed E-state index contributed by atoms with van der Waals surface area (Å²) in [6.45, 7) is 7.93. The van der Waals surface area contributed by atoms with Gasteiger partial charge in [0, 0.05) is 5.69 Å². The van der Waals surface area contributed by atoms with Crippen LogP contribution in [0.1, 0.15) is 43.0 Å². The lowest BCUT2D eigenvalue weighted by Gasteiger charge is -2.20. The third-order valence-electron chi connectivity index (χ3n) is 4.37. The Morgan fingerprint density at radius 2 is 1.52 bits per heavy atom. The smallest absolute Gasteiger partial charge is 0.234 e. The van der Waals surface area contributed by atoms with Crippen molar-refractivity contribution in [2.75, 3.05) is 11.1 Å². The summed E-state index contributed by atoms with van der Waals surface area (Å²) >= 11 is 1.34. The van der Waals surface area contributed by atoms with Crippen LogP contribution in [-0.2, 0) is 9.59 Å². The molecule has 2 aromatic carbocycles. The van der Waals surface area contributed by atoms with Gasteiger partial charge in [-0.25, -0.2) is 0 Å². The monoisotopic (exact) mass is 384 g/mol. The Morgan fingerprint density at radius 3 is 2.07 bits per heavy atom. The Balaban J connectivity index is 1.82. The number of anilines is 1. The molecule has 2 amide bonds. The van der Waals surface area contributed by atoms with Crippen LogP contribution in [-0.4, -0.2) is 22.8 Å². The van der Waals surface area contributed by atoms with Crippen molar-refractivity contribution in [3.63, 3.8) is 0 Å². The van der Waals surface area contributed by atoms with Gasteiger partial charge in [-0.3, -0.25) is 9.59 Å². The molecule has 144 valence electrons. The van der Waals surface area contributed by atoms with Gasteiger partial charge in [0.2, 0.25) is 11.8 Å². The van der Waals surface area contributed by atoms with Crippen LogP contribution in [0.4, 0.5) is 5.69 Å². The maximum atomic E-state index is 12.5. The first-order chi connectivity index (χ1) is 12.9. The van der Waals surface area contributed by atoms with Crippen LogP contribution in [0.3, 0.4) is 0 Å². The standard InChI is InChI=1S/C22H28N2O2S/c1-5-20(18-10-6-15(2)7-11-18)24-22(26)17(4)27-14-21(25)23-19-12-8-16(3)9-13-19/h6-13,17,20H,5,14H2,1-4H3,(H,23,25)(H,24,26). The minimum Gasteiger partial charge on any atom is -0.348 e. The lowest BCUT2D eigenvalue weighted by Crippen LogP contribution is -2.34. The van der Waals surface area contributed by atoms with Gasteiger partial charge in [0.05, 0.1) is 17.0 Å². The van der Waals surface area contributed by atoms with Crippen molar-refractivity contribution in [1.82, 2.24) is 5.32 Å². The quantitative estimate of drug-likeness (QED) is 0.697. The van der Waals surface area contributed by atoms with Gasteiger partial charge in [-0.2, -0.15) is 0 Å². The number of amides is 2. The molecule has 0 aromatic heterocycles. The second kappa shape index (κ2) is 10.2. The summed E-state index contributed by atoms with van der Waals surface area (Å²) in [7, 11) is 0. The first-order valence-electron chi connectivity index (χ1n) is 9.24. The summed E-state index contributed by atoms with van der Waals surface area (Å²) < 4.78 is 0. The minimum absolute atomic E-state index is 0.0115. The number of hydrogen-bond acceptors (Lipinski definition) is 3. The summed E-state index contributed by atoms with van der Waals surface area (Å²) in [5, 5.41) is 5.65. The minimum atomic E-state index is -0.298. The second-order valence-electron chi connectivity index (χ2n) is 6.75. The number of hydrogen-bond donors (Lipinski definition) is 2. The number of nitrogens with one attached hydrogen (secondary N) is 2. The van der Waals surface area contributed by atoms with E-state index in [-0.39, 0.29) is 28.9 Å². The highest BCUT2D eigenvalue weighted by Crippen LogP contribution is 2.19. The zero-order valence-electron chi connectivity index (χ0n) is 16.4. The Kier molecular flexibility index (Phi) is 7.92. The SMILES string of the molecule is CCC(NC(=O)C(C)SCC(=O)Nc1ccc(C)cc1)c1ccc(C)cc1. The first kappa shape index (κ1) is 21.0. The van der Waals surface area contributed by atoms with Gasteiger partial charge in [0.25, 0.3) is 0 Å². The van der Waals surface area contributed by atoms with Crippen molar-refractivity contribution in [2.45, 2.75) is 45.4 Å². The Hall–Kier alpha value is -2.27. The summed E-state index contributed by atoms with van der Waals surface area (Å²) in [6.07, 6.45) is 0.820. The van der Waals surface area contributed by atoms with Crippen LogP contribution in [0.2, 0.25) is 0 Å². The molecule has 0 saturated carbocycles. The molecule has 0 aliphatic heterocycles. The number of carbonyl (C=O) groups is 2. The summed E-state index contributed by atoms with van der Waals surface area (Å²) in [5.41, 5.74) is 4.22. The fourth-order valence-corrected chi connectivity index (χ4v) is 3.31. The third kappa shape index (κ3) is 6.75. The van der Waals surface area contributed by atoms with E-state index in [0.717, 1.165) is 23.2 Å². The van der Waals surface area contributed by atoms with E-state index in [2.05, 4.69) is 41.8 Å². The molecule has 2 atom stereocenters. The van der Waals surface area contributed by atoms with Gasteiger partial charge in [0.15, 0.2) is 0 Å². The Morgan fingerprint density at radius 1 is 0.963 bits per heavy atom. The van der Waals surface area contributed by atoms with Crippen LogP contribution < -0.4 is 10.6 Å². The largest absolute Gasteiger partial charge is 0.348 e. The van der Waals surface area contributed by atoms with Crippen molar-refractivity contribution in [3.05, 3.63) is 65.2 Å². The van der Waals surface area contributed by atoms with Crippen LogP contribution in [0.5, 0.6) is 0 Å². The lowest BCUT2D eigenvalue weighted by atomic mass is 10.0. The number of carbonyl (C=O) groups excluding carboxylic acids is 2. The molecule has 0 heterocycles. The van der Waals surface area contributed by atoms with Crippen molar-refractivity contribution in [1.29, 1.82) is 0 Å². The fraction of sp³-hybridized carbons (Fsp3) is 0.364. The molecule has 0 bridgehead atoms. The molecule has 0 saturated heterocycles. The molecule has 2 N–H and O–H groups in total. The topological polar surface area (TPSA) is 58.2 Å². The molecule has 2 aromatic rings. The highest BCUT2D eigenvalue weighted by atomic mass is 32.2. The van der Waals surface area contributed by atoms with E-state index in [1.54, 1.807) is 0 Å². The van der Waals surface area contributed by atoms with Crippen LogP contribution in [0, 0.1) is 13.8 Å². The molecule has 0 aliphatic carbocycles. The van der Waals surface area contributed by atoms with Gasteiger partial charge in [-0.1, -0.05) is 54.4 Å². The molecule has 0 aliphatic rings.